The zero-order valence-electron chi connectivity index (χ0n) is 9.67. The number of hydrogen-bond donors (Lipinski definition) is 0. The standard InChI is InChI=1S/C8H19O4Si.Rb/c1-4-10-13(8-7-9,11-5-2)12-6-3;/h4-8H2,1-3H3;/q-1;+1. The first-order valence-corrected chi connectivity index (χ1v) is 6.67. The normalized spacial score (nSPS) is 11.1. The molecule has 0 aromatic rings. The molecule has 0 fully saturated rings. The molecule has 0 spiro atoms. The molecule has 0 unspecified atom stereocenters. The van der Waals surface area contributed by atoms with E-state index in [4.69, 9.17) is 13.3 Å². The molecule has 0 saturated heterocycles. The Morgan fingerprint density at radius 2 is 1.29 bits per heavy atom. The van der Waals surface area contributed by atoms with Crippen LogP contribution in [0.25, 0.3) is 0 Å². The Morgan fingerprint density at radius 3 is 1.50 bits per heavy atom. The fourth-order valence-electron chi connectivity index (χ4n) is 1.13. The largest absolute Gasteiger partial charge is 1.00 e. The van der Waals surface area contributed by atoms with E-state index in [1.54, 1.807) is 0 Å². The molecule has 0 aromatic carbocycles. The zero-order chi connectivity index (χ0) is 10.2. The van der Waals surface area contributed by atoms with Gasteiger partial charge in [0.25, 0.3) is 0 Å². The minimum atomic E-state index is -2.61. The van der Waals surface area contributed by atoms with Crippen molar-refractivity contribution in [2.75, 3.05) is 26.4 Å². The van der Waals surface area contributed by atoms with E-state index in [9.17, 15) is 5.11 Å². The van der Waals surface area contributed by atoms with Crippen LogP contribution >= 0.6 is 0 Å². The van der Waals surface area contributed by atoms with Gasteiger partial charge >= 0.3 is 67.0 Å². The van der Waals surface area contributed by atoms with E-state index in [2.05, 4.69) is 0 Å². The molecule has 0 saturated carbocycles. The van der Waals surface area contributed by atoms with Gasteiger partial charge in [0.2, 0.25) is 0 Å². The molecule has 0 rings (SSSR count). The van der Waals surface area contributed by atoms with Gasteiger partial charge in [0.05, 0.1) is 0 Å². The molecule has 6 heteroatoms. The van der Waals surface area contributed by atoms with E-state index in [1.165, 1.54) is 0 Å². The maximum Gasteiger partial charge on any atom is 1.00 e. The van der Waals surface area contributed by atoms with Crippen molar-refractivity contribution in [1.82, 2.24) is 0 Å². The van der Waals surface area contributed by atoms with Crippen molar-refractivity contribution in [1.29, 1.82) is 0 Å². The second-order valence-electron chi connectivity index (χ2n) is 2.44. The van der Waals surface area contributed by atoms with Crippen LogP contribution in [-0.4, -0.2) is 35.2 Å². The van der Waals surface area contributed by atoms with E-state index in [0.717, 1.165) is 0 Å². The minimum absolute atomic E-state index is 0. The fraction of sp³-hybridized carbons (Fsp3) is 1.00. The molecule has 14 heavy (non-hydrogen) atoms. The molecule has 0 aromatic heterocycles. The van der Waals surface area contributed by atoms with E-state index in [1.807, 2.05) is 20.8 Å². The Morgan fingerprint density at radius 1 is 0.929 bits per heavy atom. The van der Waals surface area contributed by atoms with Crippen LogP contribution in [-0.2, 0) is 13.3 Å². The molecule has 0 aliphatic carbocycles. The monoisotopic (exact) mass is 292 g/mol. The second-order valence-corrected chi connectivity index (χ2v) is 5.17. The van der Waals surface area contributed by atoms with Gasteiger partial charge in [-0.15, -0.1) is 6.61 Å². The summed E-state index contributed by atoms with van der Waals surface area (Å²) >= 11 is 0. The molecule has 0 aliphatic heterocycles. The van der Waals surface area contributed by atoms with Gasteiger partial charge in [-0.3, -0.25) is 0 Å². The van der Waals surface area contributed by atoms with Crippen molar-refractivity contribution in [3.05, 3.63) is 0 Å². The van der Waals surface area contributed by atoms with Gasteiger partial charge in [-0.2, -0.15) is 0 Å². The van der Waals surface area contributed by atoms with Crippen molar-refractivity contribution in [3.63, 3.8) is 0 Å². The molecule has 80 valence electrons. The number of hydrogen-bond acceptors (Lipinski definition) is 4. The van der Waals surface area contributed by atoms with Crippen molar-refractivity contribution in [2.45, 2.75) is 26.8 Å². The first-order valence-electron chi connectivity index (χ1n) is 4.74. The Kier molecular flexibility index (Phi) is 14.8. The third-order valence-electron chi connectivity index (χ3n) is 1.50. The second kappa shape index (κ2) is 11.4. The van der Waals surface area contributed by atoms with E-state index in [-0.39, 0.29) is 64.8 Å². The van der Waals surface area contributed by atoms with Crippen molar-refractivity contribution < 1.29 is 76.6 Å². The van der Waals surface area contributed by atoms with Crippen LogP contribution in [0.3, 0.4) is 0 Å². The summed E-state index contributed by atoms with van der Waals surface area (Å²) in [7, 11) is -2.61. The van der Waals surface area contributed by atoms with Gasteiger partial charge in [0.1, 0.15) is 0 Å². The molecular formula is C8H19O4RbSi. The van der Waals surface area contributed by atoms with Crippen LogP contribution in [0, 0.1) is 0 Å². The zero-order valence-corrected chi connectivity index (χ0v) is 15.6. The third kappa shape index (κ3) is 7.19. The van der Waals surface area contributed by atoms with Gasteiger partial charge in [-0.25, -0.2) is 0 Å². The first kappa shape index (κ1) is 18.2. The molecule has 0 radical (unpaired) electrons. The van der Waals surface area contributed by atoms with Gasteiger partial charge in [0, 0.05) is 25.9 Å². The Bertz CT molecular complexity index is 96.4. The van der Waals surface area contributed by atoms with Crippen molar-refractivity contribution >= 4 is 8.80 Å². The van der Waals surface area contributed by atoms with Crippen LogP contribution < -0.4 is 63.3 Å². The molecular weight excluding hydrogens is 274 g/mol. The van der Waals surface area contributed by atoms with Gasteiger partial charge in [-0.1, -0.05) is 0 Å². The Hall–Kier alpha value is 1.86. The maximum absolute atomic E-state index is 10.6. The average Bonchev–Trinajstić information content (AvgIpc) is 2.06. The molecule has 0 N–H and O–H groups in total. The van der Waals surface area contributed by atoms with Crippen LogP contribution in [0.15, 0.2) is 0 Å². The quantitative estimate of drug-likeness (QED) is 0.461. The van der Waals surface area contributed by atoms with E-state index in [0.29, 0.717) is 25.9 Å². The Balaban J connectivity index is 0. The summed E-state index contributed by atoms with van der Waals surface area (Å²) in [4.78, 5) is 0. The van der Waals surface area contributed by atoms with Crippen LogP contribution in [0.1, 0.15) is 20.8 Å². The summed E-state index contributed by atoms with van der Waals surface area (Å²) in [5, 5.41) is 10.6. The third-order valence-corrected chi connectivity index (χ3v) is 4.50. The average molecular weight is 293 g/mol. The number of rotatable bonds is 8. The molecule has 0 heterocycles. The summed E-state index contributed by atoms with van der Waals surface area (Å²) in [6.45, 7) is 7.04. The molecule has 0 atom stereocenters. The molecule has 4 nitrogen and oxygen atoms in total. The van der Waals surface area contributed by atoms with Gasteiger partial charge in [0.15, 0.2) is 0 Å². The molecule has 0 amide bonds. The van der Waals surface area contributed by atoms with Gasteiger partial charge < -0.3 is 18.4 Å². The molecule has 0 aliphatic rings. The fourth-order valence-corrected chi connectivity index (χ4v) is 3.38. The summed E-state index contributed by atoms with van der Waals surface area (Å²) in [6.07, 6.45) is 0. The summed E-state index contributed by atoms with van der Waals surface area (Å²) in [5.41, 5.74) is 0. The van der Waals surface area contributed by atoms with Gasteiger partial charge in [-0.05, 0) is 20.8 Å². The predicted molar refractivity (Wildman–Crippen MR) is 50.3 cm³/mol. The summed E-state index contributed by atoms with van der Waals surface area (Å²) in [6, 6.07) is 0.364. The maximum atomic E-state index is 10.6. The van der Waals surface area contributed by atoms with Crippen LogP contribution in [0.4, 0.5) is 0 Å². The van der Waals surface area contributed by atoms with Crippen LogP contribution in [0.5, 0.6) is 0 Å². The first-order chi connectivity index (χ1) is 6.24. The van der Waals surface area contributed by atoms with Crippen LogP contribution in [0.2, 0.25) is 6.04 Å². The van der Waals surface area contributed by atoms with E-state index < -0.39 is 8.80 Å². The van der Waals surface area contributed by atoms with Crippen molar-refractivity contribution in [2.24, 2.45) is 0 Å². The molecule has 0 bridgehead atoms. The topological polar surface area (TPSA) is 50.8 Å². The summed E-state index contributed by atoms with van der Waals surface area (Å²) < 4.78 is 16.3. The predicted octanol–water partition coefficient (Wildman–Crippen LogP) is -2.60. The Labute approximate surface area is 136 Å². The summed E-state index contributed by atoms with van der Waals surface area (Å²) in [5.74, 6) is 0. The SMILES string of the molecule is CCO[Si](CC[O-])(OCC)OCC.[Rb+]. The van der Waals surface area contributed by atoms with E-state index >= 15 is 0 Å². The van der Waals surface area contributed by atoms with Crippen molar-refractivity contribution in [3.8, 4) is 0 Å². The minimum Gasteiger partial charge on any atom is -0.854 e. The smallest absolute Gasteiger partial charge is 0.854 e.